The van der Waals surface area contributed by atoms with Gasteiger partial charge in [0.1, 0.15) is 0 Å². The molecule has 20 heavy (non-hydrogen) atoms. The van der Waals surface area contributed by atoms with Crippen LogP contribution >= 0.6 is 15.9 Å². The largest absolute Gasteiger partial charge is 0.465 e. The Morgan fingerprint density at radius 1 is 1.50 bits per heavy atom. The lowest BCUT2D eigenvalue weighted by Gasteiger charge is -2.13. The molecule has 1 aliphatic rings. The van der Waals surface area contributed by atoms with Crippen molar-refractivity contribution in [2.24, 2.45) is 0 Å². The van der Waals surface area contributed by atoms with Crippen LogP contribution in [0.25, 0.3) is 10.9 Å². The fraction of sp³-hybridized carbons (Fsp3) is 0.385. The van der Waals surface area contributed by atoms with Gasteiger partial charge in [0.25, 0.3) is 0 Å². The van der Waals surface area contributed by atoms with E-state index in [-0.39, 0.29) is 12.6 Å². The number of nitrogens with zero attached hydrogens (tertiary/aromatic N) is 3. The molecular formula is C13H14BrN3O3. The second kappa shape index (κ2) is 5.06. The molecule has 1 aliphatic heterocycles. The molecule has 3 rings (SSSR count). The number of carbonyl (C=O) groups is 1. The van der Waals surface area contributed by atoms with Crippen molar-refractivity contribution >= 4 is 32.9 Å². The van der Waals surface area contributed by atoms with E-state index < -0.39 is 6.09 Å². The molecule has 1 fully saturated rings. The summed E-state index contributed by atoms with van der Waals surface area (Å²) in [4.78, 5) is 12.4. The Bertz CT molecular complexity index is 670. The molecule has 2 aromatic rings. The van der Waals surface area contributed by atoms with Gasteiger partial charge in [-0.05, 0) is 24.6 Å². The molecule has 1 aromatic heterocycles. The zero-order chi connectivity index (χ0) is 14.3. The third kappa shape index (κ3) is 2.16. The van der Waals surface area contributed by atoms with Gasteiger partial charge in [0.05, 0.1) is 23.9 Å². The van der Waals surface area contributed by atoms with Gasteiger partial charge in [-0.15, -0.1) is 0 Å². The molecule has 2 heterocycles. The van der Waals surface area contributed by atoms with Crippen molar-refractivity contribution in [2.45, 2.75) is 19.1 Å². The van der Waals surface area contributed by atoms with Crippen LogP contribution in [-0.2, 0) is 6.61 Å². The number of fused-ring (bicyclic) bond motifs is 1. The van der Waals surface area contributed by atoms with E-state index >= 15 is 0 Å². The van der Waals surface area contributed by atoms with E-state index in [1.807, 2.05) is 22.9 Å². The molecule has 7 heteroatoms. The number of likely N-dealkylation sites (tertiary alicyclic amines) is 1. The number of aliphatic hydroxyl groups excluding tert-OH is 1. The Kier molecular flexibility index (Phi) is 3.39. The summed E-state index contributed by atoms with van der Waals surface area (Å²) >= 11 is 3.41. The molecule has 106 valence electrons. The number of amides is 1. The van der Waals surface area contributed by atoms with Gasteiger partial charge in [0.15, 0.2) is 0 Å². The highest BCUT2D eigenvalue weighted by Gasteiger charge is 2.29. The van der Waals surface area contributed by atoms with Crippen LogP contribution in [0.5, 0.6) is 0 Å². The van der Waals surface area contributed by atoms with Crippen LogP contribution in [0.1, 0.15) is 18.2 Å². The van der Waals surface area contributed by atoms with Crippen molar-refractivity contribution in [3.05, 3.63) is 28.4 Å². The van der Waals surface area contributed by atoms with Gasteiger partial charge in [-0.1, -0.05) is 15.9 Å². The third-order valence-electron chi connectivity index (χ3n) is 3.67. The van der Waals surface area contributed by atoms with Crippen LogP contribution in [0.3, 0.4) is 0 Å². The van der Waals surface area contributed by atoms with Gasteiger partial charge in [-0.3, -0.25) is 4.68 Å². The zero-order valence-corrected chi connectivity index (χ0v) is 12.2. The average molecular weight is 340 g/mol. The number of rotatable bonds is 2. The molecule has 0 spiro atoms. The maximum atomic E-state index is 11.0. The van der Waals surface area contributed by atoms with Crippen LogP contribution < -0.4 is 0 Å². The van der Waals surface area contributed by atoms with E-state index in [2.05, 4.69) is 21.0 Å². The lowest BCUT2D eigenvalue weighted by Crippen LogP contribution is -2.27. The second-order valence-electron chi connectivity index (χ2n) is 4.88. The summed E-state index contributed by atoms with van der Waals surface area (Å²) < 4.78 is 2.77. The summed E-state index contributed by atoms with van der Waals surface area (Å²) in [5, 5.41) is 23.8. The topological polar surface area (TPSA) is 78.6 Å². The van der Waals surface area contributed by atoms with Gasteiger partial charge in [-0.25, -0.2) is 4.79 Å². The summed E-state index contributed by atoms with van der Waals surface area (Å²) in [6.07, 6.45) is -0.154. The Morgan fingerprint density at radius 2 is 2.30 bits per heavy atom. The van der Waals surface area contributed by atoms with Crippen molar-refractivity contribution in [3.63, 3.8) is 0 Å². The normalized spacial score (nSPS) is 18.9. The quantitative estimate of drug-likeness (QED) is 0.879. The highest BCUT2D eigenvalue weighted by atomic mass is 79.9. The Balaban J connectivity index is 2.02. The van der Waals surface area contributed by atoms with E-state index in [1.165, 1.54) is 4.90 Å². The number of benzene rings is 1. The minimum absolute atomic E-state index is 0.0232. The molecule has 0 radical (unpaired) electrons. The Hall–Kier alpha value is -1.60. The van der Waals surface area contributed by atoms with Crippen molar-refractivity contribution in [3.8, 4) is 0 Å². The first-order valence-corrected chi connectivity index (χ1v) is 7.15. The van der Waals surface area contributed by atoms with Crippen molar-refractivity contribution in [2.75, 3.05) is 13.1 Å². The van der Waals surface area contributed by atoms with Gasteiger partial charge in [-0.2, -0.15) is 5.10 Å². The fourth-order valence-electron chi connectivity index (χ4n) is 2.69. The van der Waals surface area contributed by atoms with Crippen molar-refractivity contribution in [1.29, 1.82) is 0 Å². The Morgan fingerprint density at radius 3 is 2.95 bits per heavy atom. The number of halogens is 1. The zero-order valence-electron chi connectivity index (χ0n) is 10.7. The predicted octanol–water partition coefficient (Wildman–Crippen LogP) is 2.22. The summed E-state index contributed by atoms with van der Waals surface area (Å²) in [5.74, 6) is 0. The maximum Gasteiger partial charge on any atom is 0.407 e. The van der Waals surface area contributed by atoms with E-state index in [0.717, 1.165) is 21.8 Å². The molecule has 1 atom stereocenters. The molecule has 0 unspecified atom stereocenters. The lowest BCUT2D eigenvalue weighted by molar-refractivity contribution is 0.154. The molecule has 0 bridgehead atoms. The van der Waals surface area contributed by atoms with E-state index in [9.17, 15) is 9.90 Å². The van der Waals surface area contributed by atoms with Gasteiger partial charge < -0.3 is 15.1 Å². The summed E-state index contributed by atoms with van der Waals surface area (Å²) in [6.45, 7) is 0.828. The molecule has 6 nitrogen and oxygen atoms in total. The summed E-state index contributed by atoms with van der Waals surface area (Å²) in [5.41, 5.74) is 1.55. The van der Waals surface area contributed by atoms with Crippen molar-refractivity contribution in [1.82, 2.24) is 14.7 Å². The SMILES string of the molecule is O=C(O)N1CC[C@H](n2nc(CO)c3cc(Br)ccc32)C1. The fourth-order valence-corrected chi connectivity index (χ4v) is 3.05. The van der Waals surface area contributed by atoms with E-state index in [1.54, 1.807) is 0 Å². The number of aliphatic hydroxyl groups is 1. The lowest BCUT2D eigenvalue weighted by atomic mass is 10.2. The molecule has 1 saturated heterocycles. The summed E-state index contributed by atoms with van der Waals surface area (Å²) in [7, 11) is 0. The monoisotopic (exact) mass is 339 g/mol. The molecule has 0 aliphatic carbocycles. The molecule has 1 amide bonds. The van der Waals surface area contributed by atoms with E-state index in [4.69, 9.17) is 5.11 Å². The molecular weight excluding hydrogens is 326 g/mol. The van der Waals surface area contributed by atoms with Crippen LogP contribution in [0.15, 0.2) is 22.7 Å². The minimum atomic E-state index is -0.894. The average Bonchev–Trinajstić information content (AvgIpc) is 3.01. The van der Waals surface area contributed by atoms with Crippen LogP contribution in [0.4, 0.5) is 4.79 Å². The Labute approximate surface area is 123 Å². The smallest absolute Gasteiger partial charge is 0.407 e. The number of aromatic nitrogens is 2. The van der Waals surface area contributed by atoms with E-state index in [0.29, 0.717) is 18.8 Å². The highest BCUT2D eigenvalue weighted by molar-refractivity contribution is 9.10. The minimum Gasteiger partial charge on any atom is -0.465 e. The highest BCUT2D eigenvalue weighted by Crippen LogP contribution is 2.29. The van der Waals surface area contributed by atoms with Crippen LogP contribution in [0, 0.1) is 0 Å². The van der Waals surface area contributed by atoms with Gasteiger partial charge >= 0.3 is 6.09 Å². The van der Waals surface area contributed by atoms with Gasteiger partial charge in [0.2, 0.25) is 0 Å². The predicted molar refractivity (Wildman–Crippen MR) is 76.6 cm³/mol. The van der Waals surface area contributed by atoms with Crippen LogP contribution in [-0.4, -0.2) is 44.1 Å². The molecule has 0 saturated carbocycles. The number of hydrogen-bond donors (Lipinski definition) is 2. The molecule has 2 N–H and O–H groups in total. The molecule has 1 aromatic carbocycles. The van der Waals surface area contributed by atoms with Crippen molar-refractivity contribution < 1.29 is 15.0 Å². The number of hydrogen-bond acceptors (Lipinski definition) is 3. The standard InChI is InChI=1S/C13H14BrN3O3/c14-8-1-2-12-10(5-8)11(7-18)15-17(12)9-3-4-16(6-9)13(19)20/h1-2,5,9,18H,3-4,6-7H2,(H,19,20)/t9-/m0/s1. The third-order valence-corrected chi connectivity index (χ3v) is 4.17. The van der Waals surface area contributed by atoms with Crippen LogP contribution in [0.2, 0.25) is 0 Å². The first-order valence-electron chi connectivity index (χ1n) is 6.35. The summed E-state index contributed by atoms with van der Waals surface area (Å²) in [6, 6.07) is 5.81. The first-order chi connectivity index (χ1) is 9.60. The number of carboxylic acid groups (broad SMARTS) is 1. The second-order valence-corrected chi connectivity index (χ2v) is 5.80. The first kappa shape index (κ1) is 13.4. The van der Waals surface area contributed by atoms with Gasteiger partial charge in [0, 0.05) is 22.9 Å². The maximum absolute atomic E-state index is 11.0.